The van der Waals surface area contributed by atoms with Crippen molar-refractivity contribution in [2.24, 2.45) is 0 Å². The van der Waals surface area contributed by atoms with Crippen LogP contribution in [0, 0.1) is 0 Å². The van der Waals surface area contributed by atoms with Crippen molar-refractivity contribution in [3.8, 4) is 0 Å². The second kappa shape index (κ2) is 6.24. The second-order valence-corrected chi connectivity index (χ2v) is 4.70. The van der Waals surface area contributed by atoms with Gasteiger partial charge < -0.3 is 9.84 Å². The Morgan fingerprint density at radius 1 is 1.16 bits per heavy atom. The summed E-state index contributed by atoms with van der Waals surface area (Å²) in [6.07, 6.45) is 1.93. The number of hydrazine groups is 1. The number of rotatable bonds is 4. The van der Waals surface area contributed by atoms with E-state index in [0.29, 0.717) is 4.67 Å². The highest BCUT2D eigenvalue weighted by Crippen LogP contribution is 2.13. The molecule has 0 atom stereocenters. The second-order valence-electron chi connectivity index (χ2n) is 3.92. The van der Waals surface area contributed by atoms with Crippen molar-refractivity contribution in [2.75, 3.05) is 0 Å². The highest BCUT2D eigenvalue weighted by molar-refractivity contribution is 9.10. The fourth-order valence-corrected chi connectivity index (χ4v) is 1.80. The molecule has 0 fully saturated rings. The number of furan rings is 1. The average Bonchev–Trinajstić information content (AvgIpc) is 2.84. The largest absolute Gasteiger partial charge is 0.444 e. The molecule has 0 aliphatic rings. The number of halogens is 1. The van der Waals surface area contributed by atoms with Gasteiger partial charge in [-0.3, -0.25) is 10.2 Å². The van der Waals surface area contributed by atoms with E-state index in [1.165, 1.54) is 0 Å². The maximum absolute atomic E-state index is 11.7. The lowest BCUT2D eigenvalue weighted by molar-refractivity contribution is 0.0909. The van der Waals surface area contributed by atoms with E-state index in [0.717, 1.165) is 11.3 Å². The van der Waals surface area contributed by atoms with Gasteiger partial charge in [0.25, 0.3) is 0 Å². The van der Waals surface area contributed by atoms with Gasteiger partial charge in [0, 0.05) is 5.70 Å². The van der Waals surface area contributed by atoms with Gasteiger partial charge in [-0.2, -0.15) is 0 Å². The number of carbonyl (C=O) groups is 1. The molecular formula is C14H13BrN2O2. The lowest BCUT2D eigenvalue weighted by atomic mass is 10.2. The smallest absolute Gasteiger partial charge is 0.305 e. The summed E-state index contributed by atoms with van der Waals surface area (Å²) in [5, 5.41) is 0. The Bertz CT molecular complexity index is 591. The molecule has 0 spiro atoms. The molecule has 0 aliphatic heterocycles. The number of hydrogen-bond donors (Lipinski definition) is 2. The molecule has 0 unspecified atom stereocenters. The molecule has 19 heavy (non-hydrogen) atoms. The highest BCUT2D eigenvalue weighted by Gasteiger charge is 2.09. The van der Waals surface area contributed by atoms with E-state index in [1.54, 1.807) is 12.1 Å². The van der Waals surface area contributed by atoms with Gasteiger partial charge in [0.1, 0.15) is 0 Å². The van der Waals surface area contributed by atoms with Gasteiger partial charge in [-0.05, 0) is 46.6 Å². The van der Waals surface area contributed by atoms with E-state index in [2.05, 4.69) is 26.8 Å². The summed E-state index contributed by atoms with van der Waals surface area (Å²) in [5.41, 5.74) is 7.27. The Morgan fingerprint density at radius 2 is 1.89 bits per heavy atom. The van der Waals surface area contributed by atoms with Crippen molar-refractivity contribution in [2.45, 2.75) is 6.92 Å². The molecular weight excluding hydrogens is 308 g/mol. The minimum Gasteiger partial charge on any atom is -0.444 e. The summed E-state index contributed by atoms with van der Waals surface area (Å²) in [6, 6.07) is 13.1. The molecule has 2 aromatic rings. The third kappa shape index (κ3) is 3.99. The van der Waals surface area contributed by atoms with E-state index in [9.17, 15) is 4.79 Å². The van der Waals surface area contributed by atoms with Crippen molar-refractivity contribution in [3.63, 3.8) is 0 Å². The van der Waals surface area contributed by atoms with Crippen LogP contribution in [0.1, 0.15) is 23.0 Å². The van der Waals surface area contributed by atoms with Crippen molar-refractivity contribution >= 4 is 27.9 Å². The van der Waals surface area contributed by atoms with Crippen LogP contribution in [0.5, 0.6) is 0 Å². The van der Waals surface area contributed by atoms with Gasteiger partial charge >= 0.3 is 5.91 Å². The molecule has 4 nitrogen and oxygen atoms in total. The number of nitrogens with one attached hydrogen (secondary N) is 2. The summed E-state index contributed by atoms with van der Waals surface area (Å²) < 4.78 is 5.66. The Balaban J connectivity index is 1.92. The molecule has 2 N–H and O–H groups in total. The fourth-order valence-electron chi connectivity index (χ4n) is 1.49. The lowest BCUT2D eigenvalue weighted by Gasteiger charge is -2.07. The summed E-state index contributed by atoms with van der Waals surface area (Å²) in [4.78, 5) is 11.7. The zero-order valence-electron chi connectivity index (χ0n) is 10.3. The monoisotopic (exact) mass is 320 g/mol. The summed E-state index contributed by atoms with van der Waals surface area (Å²) in [5.74, 6) is -0.0848. The molecule has 0 saturated carbocycles. The predicted molar refractivity (Wildman–Crippen MR) is 77.1 cm³/mol. The first-order valence-corrected chi connectivity index (χ1v) is 6.49. The number of hydrogen-bond acceptors (Lipinski definition) is 3. The van der Waals surface area contributed by atoms with Crippen LogP contribution in [0.4, 0.5) is 0 Å². The number of allylic oxidation sites excluding steroid dienone is 1. The van der Waals surface area contributed by atoms with Crippen LogP contribution >= 0.6 is 15.9 Å². The molecule has 0 bridgehead atoms. The third-order valence-electron chi connectivity index (χ3n) is 2.35. The molecule has 0 saturated heterocycles. The Labute approximate surface area is 119 Å². The summed E-state index contributed by atoms with van der Waals surface area (Å²) in [6.45, 7) is 1.87. The highest BCUT2D eigenvalue weighted by atomic mass is 79.9. The topological polar surface area (TPSA) is 54.3 Å². The van der Waals surface area contributed by atoms with Gasteiger partial charge in [-0.15, -0.1) is 0 Å². The van der Waals surface area contributed by atoms with E-state index in [-0.39, 0.29) is 11.7 Å². The number of benzene rings is 1. The Hall–Kier alpha value is -2.01. The summed E-state index contributed by atoms with van der Waals surface area (Å²) >= 11 is 3.15. The average molecular weight is 321 g/mol. The van der Waals surface area contributed by atoms with Gasteiger partial charge in [-0.1, -0.05) is 30.3 Å². The molecule has 2 rings (SSSR count). The quantitative estimate of drug-likeness (QED) is 0.849. The molecule has 1 aromatic heterocycles. The van der Waals surface area contributed by atoms with Crippen molar-refractivity contribution in [3.05, 3.63) is 64.2 Å². The van der Waals surface area contributed by atoms with Crippen LogP contribution in [0.15, 0.2) is 57.2 Å². The van der Waals surface area contributed by atoms with Crippen LogP contribution in [0.25, 0.3) is 6.08 Å². The maximum Gasteiger partial charge on any atom is 0.305 e. The molecule has 5 heteroatoms. The number of amides is 1. The van der Waals surface area contributed by atoms with E-state index < -0.39 is 0 Å². The van der Waals surface area contributed by atoms with Crippen LogP contribution < -0.4 is 10.9 Å². The molecule has 98 valence electrons. The van der Waals surface area contributed by atoms with Gasteiger partial charge in [0.2, 0.25) is 0 Å². The van der Waals surface area contributed by atoms with E-state index in [1.807, 2.05) is 43.3 Å². The SMILES string of the molecule is CC(=Cc1ccccc1)NNC(=O)c1ccc(Br)o1. The van der Waals surface area contributed by atoms with Crippen molar-refractivity contribution in [1.29, 1.82) is 0 Å². The predicted octanol–water partition coefficient (Wildman–Crippen LogP) is 3.34. The zero-order valence-corrected chi connectivity index (χ0v) is 11.9. The first-order chi connectivity index (χ1) is 9.15. The zero-order chi connectivity index (χ0) is 13.7. The normalized spacial score (nSPS) is 11.2. The van der Waals surface area contributed by atoms with Gasteiger partial charge in [-0.25, -0.2) is 0 Å². The van der Waals surface area contributed by atoms with Crippen molar-refractivity contribution < 1.29 is 9.21 Å². The van der Waals surface area contributed by atoms with E-state index >= 15 is 0 Å². The first-order valence-electron chi connectivity index (χ1n) is 5.70. The molecule has 1 aromatic carbocycles. The molecule has 0 aliphatic carbocycles. The molecule has 1 heterocycles. The minimum absolute atomic E-state index is 0.242. The minimum atomic E-state index is -0.327. The van der Waals surface area contributed by atoms with Crippen LogP contribution in [0.2, 0.25) is 0 Å². The lowest BCUT2D eigenvalue weighted by Crippen LogP contribution is -2.35. The standard InChI is InChI=1S/C14H13BrN2O2/c1-10(9-11-5-3-2-4-6-11)16-17-14(18)12-7-8-13(15)19-12/h2-9,16H,1H3,(H,17,18). The van der Waals surface area contributed by atoms with Gasteiger partial charge in [0.15, 0.2) is 10.4 Å². The Morgan fingerprint density at radius 3 is 2.53 bits per heavy atom. The Kier molecular flexibility index (Phi) is 4.41. The fraction of sp³-hybridized carbons (Fsp3) is 0.0714. The maximum atomic E-state index is 11.7. The third-order valence-corrected chi connectivity index (χ3v) is 2.78. The number of carbonyl (C=O) groups excluding carboxylic acids is 1. The van der Waals surface area contributed by atoms with E-state index in [4.69, 9.17) is 4.42 Å². The summed E-state index contributed by atoms with van der Waals surface area (Å²) in [7, 11) is 0. The molecule has 0 radical (unpaired) electrons. The van der Waals surface area contributed by atoms with Crippen LogP contribution in [0.3, 0.4) is 0 Å². The van der Waals surface area contributed by atoms with Crippen molar-refractivity contribution in [1.82, 2.24) is 10.9 Å². The van der Waals surface area contributed by atoms with Crippen LogP contribution in [-0.2, 0) is 0 Å². The first kappa shape index (κ1) is 13.4. The van der Waals surface area contributed by atoms with Gasteiger partial charge in [0.05, 0.1) is 0 Å². The molecule has 1 amide bonds. The van der Waals surface area contributed by atoms with Crippen LogP contribution in [-0.4, -0.2) is 5.91 Å².